The van der Waals surface area contributed by atoms with Crippen LogP contribution in [-0.4, -0.2) is 50.1 Å². The van der Waals surface area contributed by atoms with Crippen molar-refractivity contribution in [2.75, 3.05) is 33.4 Å². The van der Waals surface area contributed by atoms with Gasteiger partial charge < -0.3 is 15.0 Å². The molecule has 0 unspecified atom stereocenters. The van der Waals surface area contributed by atoms with E-state index in [0.717, 1.165) is 12.0 Å². The molecule has 1 aliphatic rings. The maximum atomic E-state index is 12.9. The van der Waals surface area contributed by atoms with Gasteiger partial charge in [-0.1, -0.05) is 48.0 Å². The number of nitrogens with zero attached hydrogens (tertiary/aromatic N) is 1. The number of amides is 2. The van der Waals surface area contributed by atoms with Crippen molar-refractivity contribution in [2.24, 2.45) is 5.92 Å². The van der Waals surface area contributed by atoms with Crippen LogP contribution in [0.3, 0.4) is 0 Å². The number of hydrogen-bond donors (Lipinski definition) is 1. The first kappa shape index (κ1) is 20.1. The largest absolute Gasteiger partial charge is 0.385 e. The highest BCUT2D eigenvalue weighted by atomic mass is 16.5. The minimum atomic E-state index is -0.252. The van der Waals surface area contributed by atoms with Crippen molar-refractivity contribution in [1.29, 1.82) is 0 Å². The Labute approximate surface area is 166 Å². The quantitative estimate of drug-likeness (QED) is 0.751. The van der Waals surface area contributed by atoms with Gasteiger partial charge in [-0.2, -0.15) is 0 Å². The van der Waals surface area contributed by atoms with E-state index < -0.39 is 0 Å². The van der Waals surface area contributed by atoms with Crippen LogP contribution in [0.15, 0.2) is 54.6 Å². The number of aryl methyl sites for hydroxylation is 1. The molecule has 2 atom stereocenters. The van der Waals surface area contributed by atoms with E-state index in [0.29, 0.717) is 31.8 Å². The highest BCUT2D eigenvalue weighted by molar-refractivity contribution is 5.95. The summed E-state index contributed by atoms with van der Waals surface area (Å²) in [6, 6.07) is 17.5. The Balaban J connectivity index is 1.77. The molecule has 2 aromatic rings. The Morgan fingerprint density at radius 3 is 2.46 bits per heavy atom. The molecule has 1 N–H and O–H groups in total. The second-order valence-electron chi connectivity index (χ2n) is 7.34. The maximum Gasteiger partial charge on any atom is 0.253 e. The van der Waals surface area contributed by atoms with Crippen molar-refractivity contribution in [2.45, 2.75) is 19.3 Å². The van der Waals surface area contributed by atoms with Crippen molar-refractivity contribution in [3.8, 4) is 0 Å². The van der Waals surface area contributed by atoms with E-state index in [9.17, 15) is 9.59 Å². The lowest BCUT2D eigenvalue weighted by molar-refractivity contribution is -0.124. The molecule has 3 rings (SSSR count). The molecule has 0 aromatic heterocycles. The van der Waals surface area contributed by atoms with E-state index in [1.807, 2.05) is 37.3 Å². The fraction of sp³-hybridized carbons (Fsp3) is 0.391. The van der Waals surface area contributed by atoms with E-state index in [1.54, 1.807) is 12.0 Å². The summed E-state index contributed by atoms with van der Waals surface area (Å²) in [7, 11) is 1.65. The molecule has 0 spiro atoms. The Morgan fingerprint density at radius 1 is 1.07 bits per heavy atom. The third kappa shape index (κ3) is 4.78. The van der Waals surface area contributed by atoms with Gasteiger partial charge in [-0.15, -0.1) is 0 Å². The molecule has 1 aliphatic heterocycles. The summed E-state index contributed by atoms with van der Waals surface area (Å²) in [5, 5.41) is 3.01. The first-order valence-corrected chi connectivity index (χ1v) is 9.77. The smallest absolute Gasteiger partial charge is 0.253 e. The van der Waals surface area contributed by atoms with E-state index in [-0.39, 0.29) is 23.7 Å². The van der Waals surface area contributed by atoms with Crippen LogP contribution in [0.2, 0.25) is 0 Å². The van der Waals surface area contributed by atoms with Crippen molar-refractivity contribution < 1.29 is 14.3 Å². The average molecular weight is 380 g/mol. The van der Waals surface area contributed by atoms with Crippen molar-refractivity contribution in [1.82, 2.24) is 10.2 Å². The second-order valence-corrected chi connectivity index (χ2v) is 7.34. The molecule has 1 heterocycles. The lowest BCUT2D eigenvalue weighted by Crippen LogP contribution is -2.36. The Hall–Kier alpha value is -2.66. The third-order valence-electron chi connectivity index (χ3n) is 5.29. The van der Waals surface area contributed by atoms with Gasteiger partial charge in [-0.05, 0) is 31.0 Å². The van der Waals surface area contributed by atoms with Crippen LogP contribution in [-0.2, 0) is 9.53 Å². The van der Waals surface area contributed by atoms with Crippen molar-refractivity contribution in [3.05, 3.63) is 71.3 Å². The molecule has 2 amide bonds. The van der Waals surface area contributed by atoms with E-state index >= 15 is 0 Å². The number of nitrogens with one attached hydrogen (secondary N) is 1. The molecule has 5 nitrogen and oxygen atoms in total. The van der Waals surface area contributed by atoms with Gasteiger partial charge in [-0.25, -0.2) is 0 Å². The molecule has 28 heavy (non-hydrogen) atoms. The van der Waals surface area contributed by atoms with Crippen LogP contribution in [0.5, 0.6) is 0 Å². The number of hydrogen-bond acceptors (Lipinski definition) is 3. The lowest BCUT2D eigenvalue weighted by Gasteiger charge is -2.18. The van der Waals surface area contributed by atoms with Gasteiger partial charge in [-0.3, -0.25) is 9.59 Å². The van der Waals surface area contributed by atoms with Gasteiger partial charge in [0.1, 0.15) is 0 Å². The number of benzene rings is 2. The first-order chi connectivity index (χ1) is 13.6. The molecule has 5 heteroatoms. The van der Waals surface area contributed by atoms with Gasteiger partial charge in [0.25, 0.3) is 5.91 Å². The summed E-state index contributed by atoms with van der Waals surface area (Å²) in [6.45, 7) is 4.22. The minimum absolute atomic E-state index is 0.00399. The number of ether oxygens (including phenoxy) is 1. The van der Waals surface area contributed by atoms with Gasteiger partial charge in [0, 0.05) is 44.8 Å². The zero-order valence-electron chi connectivity index (χ0n) is 16.6. The number of likely N-dealkylation sites (tertiary alicyclic amines) is 1. The number of carbonyl (C=O) groups is 2. The molecule has 2 aromatic carbocycles. The number of methoxy groups -OCH3 is 1. The first-order valence-electron chi connectivity index (χ1n) is 9.77. The Bertz CT molecular complexity index is 789. The highest BCUT2D eigenvalue weighted by Gasteiger charge is 2.40. The van der Waals surface area contributed by atoms with E-state index in [2.05, 4.69) is 29.6 Å². The molecule has 0 saturated carbocycles. The van der Waals surface area contributed by atoms with E-state index in [4.69, 9.17) is 4.74 Å². The third-order valence-corrected chi connectivity index (χ3v) is 5.29. The molecule has 0 aliphatic carbocycles. The summed E-state index contributed by atoms with van der Waals surface area (Å²) < 4.78 is 5.04. The predicted octanol–water partition coefficient (Wildman–Crippen LogP) is 3.00. The summed E-state index contributed by atoms with van der Waals surface area (Å²) in [6.07, 6.45) is 0.775. The number of carbonyl (C=O) groups excluding carboxylic acids is 2. The predicted molar refractivity (Wildman–Crippen MR) is 109 cm³/mol. The zero-order valence-corrected chi connectivity index (χ0v) is 16.6. The van der Waals surface area contributed by atoms with Gasteiger partial charge >= 0.3 is 0 Å². The topological polar surface area (TPSA) is 58.6 Å². The summed E-state index contributed by atoms with van der Waals surface area (Å²) in [5.41, 5.74) is 2.94. The van der Waals surface area contributed by atoms with Crippen LogP contribution >= 0.6 is 0 Å². The standard InChI is InChI=1S/C23H28N2O3/c1-17-9-11-18(12-10-17)20-15-25(23(27)19-7-4-3-5-8-19)16-21(20)22(26)24-13-6-14-28-2/h3-5,7-12,20-21H,6,13-16H2,1-2H3,(H,24,26)/t20-,21-/m1/s1. The van der Waals surface area contributed by atoms with Gasteiger partial charge in [0.05, 0.1) is 5.92 Å². The minimum Gasteiger partial charge on any atom is -0.385 e. The van der Waals surface area contributed by atoms with Gasteiger partial charge in [0.2, 0.25) is 5.91 Å². The molecule has 0 radical (unpaired) electrons. The SMILES string of the molecule is COCCCNC(=O)[C@@H]1CN(C(=O)c2ccccc2)C[C@@H]1c1ccc(C)cc1. The Kier molecular flexibility index (Phi) is 6.82. The molecule has 1 fully saturated rings. The normalized spacial score (nSPS) is 18.9. The molecule has 0 bridgehead atoms. The zero-order chi connectivity index (χ0) is 19.9. The fourth-order valence-electron chi connectivity index (χ4n) is 3.71. The molecular weight excluding hydrogens is 352 g/mol. The number of rotatable bonds is 7. The van der Waals surface area contributed by atoms with Gasteiger partial charge in [0.15, 0.2) is 0 Å². The monoisotopic (exact) mass is 380 g/mol. The molecule has 1 saturated heterocycles. The van der Waals surface area contributed by atoms with Crippen molar-refractivity contribution in [3.63, 3.8) is 0 Å². The van der Waals surface area contributed by atoms with Crippen LogP contribution < -0.4 is 5.32 Å². The highest BCUT2D eigenvalue weighted by Crippen LogP contribution is 2.34. The summed E-state index contributed by atoms with van der Waals surface area (Å²) in [4.78, 5) is 27.6. The van der Waals surface area contributed by atoms with Crippen molar-refractivity contribution >= 4 is 11.8 Å². The van der Waals surface area contributed by atoms with E-state index in [1.165, 1.54) is 5.56 Å². The summed E-state index contributed by atoms with van der Waals surface area (Å²) in [5.74, 6) is -0.272. The average Bonchev–Trinajstić information content (AvgIpc) is 3.17. The van der Waals surface area contributed by atoms with Crippen LogP contribution in [0, 0.1) is 12.8 Å². The van der Waals surface area contributed by atoms with Crippen LogP contribution in [0.25, 0.3) is 0 Å². The second kappa shape index (κ2) is 9.51. The fourth-order valence-corrected chi connectivity index (χ4v) is 3.71. The molecule has 148 valence electrons. The Morgan fingerprint density at radius 2 is 1.79 bits per heavy atom. The van der Waals surface area contributed by atoms with Crippen LogP contribution in [0.1, 0.15) is 33.8 Å². The summed E-state index contributed by atoms with van der Waals surface area (Å²) >= 11 is 0. The lowest BCUT2D eigenvalue weighted by atomic mass is 9.88. The maximum absolute atomic E-state index is 12.9. The van der Waals surface area contributed by atoms with Crippen LogP contribution in [0.4, 0.5) is 0 Å². The molecular formula is C23H28N2O3.